The second-order valence-corrected chi connectivity index (χ2v) is 9.06. The largest absolute Gasteiger partial charge is 0.494 e. The molecule has 0 unspecified atom stereocenters. The van der Waals surface area contributed by atoms with E-state index < -0.39 is 0 Å². The number of hydrogen-bond acceptors (Lipinski definition) is 4. The van der Waals surface area contributed by atoms with E-state index in [1.165, 1.54) is 37.1 Å². The third kappa shape index (κ3) is 3.68. The number of benzene rings is 1. The molecule has 6 heteroatoms. The summed E-state index contributed by atoms with van der Waals surface area (Å²) in [5, 5.41) is 1.25. The zero-order valence-electron chi connectivity index (χ0n) is 17.4. The first-order valence-electron chi connectivity index (χ1n) is 10.1. The van der Waals surface area contributed by atoms with Gasteiger partial charge in [0.05, 0.1) is 11.2 Å². The number of piperazine rings is 1. The minimum Gasteiger partial charge on any atom is -0.399 e. The summed E-state index contributed by atoms with van der Waals surface area (Å²) >= 11 is 0. The molecule has 0 atom stereocenters. The van der Waals surface area contributed by atoms with Gasteiger partial charge < -0.3 is 18.8 Å². The molecule has 3 heterocycles. The molecule has 146 valence electrons. The lowest BCUT2D eigenvalue weighted by atomic mass is 9.79. The van der Waals surface area contributed by atoms with Crippen LogP contribution in [-0.2, 0) is 15.9 Å². The normalized spacial score (nSPS) is 23.4. The highest BCUT2D eigenvalue weighted by atomic mass is 16.7. The molecule has 0 bridgehead atoms. The van der Waals surface area contributed by atoms with Gasteiger partial charge in [-0.25, -0.2) is 0 Å². The van der Waals surface area contributed by atoms with E-state index >= 15 is 0 Å². The molecule has 1 aromatic heterocycles. The number of hydrogen-bond donors (Lipinski definition) is 0. The van der Waals surface area contributed by atoms with Gasteiger partial charge in [-0.3, -0.25) is 4.90 Å². The Bertz CT molecular complexity index is 793. The Morgan fingerprint density at radius 2 is 1.59 bits per heavy atom. The van der Waals surface area contributed by atoms with E-state index in [0.29, 0.717) is 0 Å². The lowest BCUT2D eigenvalue weighted by Gasteiger charge is -2.32. The standard InChI is InChI=1S/C21H32BN3O2/c1-20(2)21(3,4)27-22(26-20)18-6-7-19-17(16-18)8-9-25(19)15-14-24-12-10-23(5)11-13-24/h6-9,16H,10-15H2,1-5H3. The number of aromatic nitrogens is 1. The van der Waals surface area contributed by atoms with Crippen LogP contribution in [-0.4, -0.2) is 72.5 Å². The Balaban J connectivity index is 1.46. The highest BCUT2D eigenvalue weighted by Gasteiger charge is 2.51. The van der Waals surface area contributed by atoms with Crippen molar-refractivity contribution in [2.24, 2.45) is 0 Å². The molecule has 2 aliphatic rings. The number of nitrogens with zero attached hydrogens (tertiary/aromatic N) is 3. The van der Waals surface area contributed by atoms with Gasteiger partial charge in [-0.05, 0) is 57.7 Å². The number of rotatable bonds is 4. The van der Waals surface area contributed by atoms with Gasteiger partial charge in [-0.1, -0.05) is 12.1 Å². The van der Waals surface area contributed by atoms with Gasteiger partial charge in [0, 0.05) is 51.0 Å². The third-order valence-corrected chi connectivity index (χ3v) is 6.57. The van der Waals surface area contributed by atoms with Crippen molar-refractivity contribution in [3.05, 3.63) is 30.5 Å². The summed E-state index contributed by atoms with van der Waals surface area (Å²) in [6.45, 7) is 15.2. The second-order valence-electron chi connectivity index (χ2n) is 9.06. The van der Waals surface area contributed by atoms with E-state index in [4.69, 9.17) is 9.31 Å². The maximum Gasteiger partial charge on any atom is 0.494 e. The van der Waals surface area contributed by atoms with Crippen LogP contribution in [0.2, 0.25) is 0 Å². The van der Waals surface area contributed by atoms with Crippen molar-refractivity contribution in [3.8, 4) is 0 Å². The summed E-state index contributed by atoms with van der Waals surface area (Å²) in [5.41, 5.74) is 1.77. The van der Waals surface area contributed by atoms with Gasteiger partial charge in [0.25, 0.3) is 0 Å². The van der Waals surface area contributed by atoms with Crippen molar-refractivity contribution in [1.82, 2.24) is 14.4 Å². The predicted octanol–water partition coefficient (Wildman–Crippen LogP) is 2.19. The van der Waals surface area contributed by atoms with Crippen LogP contribution in [0.1, 0.15) is 27.7 Å². The average molecular weight is 369 g/mol. The molecule has 27 heavy (non-hydrogen) atoms. The average Bonchev–Trinajstić information content (AvgIpc) is 3.11. The molecule has 2 saturated heterocycles. The van der Waals surface area contributed by atoms with Gasteiger partial charge in [-0.15, -0.1) is 0 Å². The Morgan fingerprint density at radius 3 is 2.26 bits per heavy atom. The van der Waals surface area contributed by atoms with E-state index in [1.807, 2.05) is 0 Å². The monoisotopic (exact) mass is 369 g/mol. The summed E-state index contributed by atoms with van der Waals surface area (Å²) in [6, 6.07) is 8.77. The molecule has 0 spiro atoms. The predicted molar refractivity (Wildman–Crippen MR) is 112 cm³/mol. The lowest BCUT2D eigenvalue weighted by molar-refractivity contribution is 0.00578. The molecule has 4 rings (SSSR count). The van der Waals surface area contributed by atoms with Crippen LogP contribution in [0.15, 0.2) is 30.5 Å². The molecule has 2 aliphatic heterocycles. The topological polar surface area (TPSA) is 29.9 Å². The quantitative estimate of drug-likeness (QED) is 0.773. The Labute approximate surface area is 163 Å². The molecule has 0 radical (unpaired) electrons. The van der Waals surface area contributed by atoms with Gasteiger partial charge in [-0.2, -0.15) is 0 Å². The maximum absolute atomic E-state index is 6.20. The zero-order valence-corrected chi connectivity index (χ0v) is 17.4. The fourth-order valence-electron chi connectivity index (χ4n) is 3.86. The number of fused-ring (bicyclic) bond motifs is 1. The first-order valence-corrected chi connectivity index (χ1v) is 10.1. The van der Waals surface area contributed by atoms with E-state index in [1.54, 1.807) is 0 Å². The maximum atomic E-state index is 6.20. The second kappa shape index (κ2) is 6.92. The minimum atomic E-state index is -0.304. The zero-order chi connectivity index (χ0) is 19.2. The summed E-state index contributed by atoms with van der Waals surface area (Å²) in [5.74, 6) is 0. The van der Waals surface area contributed by atoms with Crippen LogP contribution in [0.4, 0.5) is 0 Å². The highest BCUT2D eigenvalue weighted by Crippen LogP contribution is 2.36. The van der Waals surface area contributed by atoms with E-state index in [2.05, 4.69) is 79.6 Å². The van der Waals surface area contributed by atoms with Crippen LogP contribution >= 0.6 is 0 Å². The summed E-state index contributed by atoms with van der Waals surface area (Å²) < 4.78 is 14.8. The Kier molecular flexibility index (Phi) is 4.87. The van der Waals surface area contributed by atoms with Crippen LogP contribution < -0.4 is 5.46 Å². The Morgan fingerprint density at radius 1 is 0.926 bits per heavy atom. The molecule has 1 aromatic carbocycles. The van der Waals surface area contributed by atoms with Gasteiger partial charge in [0.15, 0.2) is 0 Å². The van der Waals surface area contributed by atoms with Crippen LogP contribution in [0.5, 0.6) is 0 Å². The van der Waals surface area contributed by atoms with Crippen molar-refractivity contribution >= 4 is 23.5 Å². The molecule has 0 saturated carbocycles. The minimum absolute atomic E-state index is 0.298. The molecular formula is C21H32BN3O2. The van der Waals surface area contributed by atoms with Crippen molar-refractivity contribution in [1.29, 1.82) is 0 Å². The van der Waals surface area contributed by atoms with Crippen LogP contribution in [0.25, 0.3) is 10.9 Å². The SMILES string of the molecule is CN1CCN(CCn2ccc3cc(B4OC(C)(C)C(C)(C)O4)ccc32)CC1. The van der Waals surface area contributed by atoms with Gasteiger partial charge >= 0.3 is 7.12 Å². The summed E-state index contributed by atoms with van der Waals surface area (Å²) in [7, 11) is 1.90. The van der Waals surface area contributed by atoms with Crippen molar-refractivity contribution in [2.45, 2.75) is 45.4 Å². The van der Waals surface area contributed by atoms with E-state index in [-0.39, 0.29) is 18.3 Å². The van der Waals surface area contributed by atoms with Crippen LogP contribution in [0, 0.1) is 0 Å². The molecule has 0 N–H and O–H groups in total. The van der Waals surface area contributed by atoms with Crippen molar-refractivity contribution in [2.75, 3.05) is 39.8 Å². The fraction of sp³-hybridized carbons (Fsp3) is 0.619. The third-order valence-electron chi connectivity index (χ3n) is 6.57. The molecule has 0 amide bonds. The van der Waals surface area contributed by atoms with E-state index in [0.717, 1.165) is 18.6 Å². The fourth-order valence-corrected chi connectivity index (χ4v) is 3.86. The smallest absolute Gasteiger partial charge is 0.399 e. The molecule has 5 nitrogen and oxygen atoms in total. The molecule has 2 aromatic rings. The van der Waals surface area contributed by atoms with Gasteiger partial charge in [0.2, 0.25) is 0 Å². The van der Waals surface area contributed by atoms with Crippen molar-refractivity contribution < 1.29 is 9.31 Å². The Hall–Kier alpha value is -1.34. The van der Waals surface area contributed by atoms with Crippen molar-refractivity contribution in [3.63, 3.8) is 0 Å². The van der Waals surface area contributed by atoms with E-state index in [9.17, 15) is 0 Å². The highest BCUT2D eigenvalue weighted by molar-refractivity contribution is 6.62. The first-order chi connectivity index (χ1) is 12.7. The molecular weight excluding hydrogens is 337 g/mol. The lowest BCUT2D eigenvalue weighted by Crippen LogP contribution is -2.45. The summed E-state index contributed by atoms with van der Waals surface area (Å²) in [4.78, 5) is 4.96. The first kappa shape index (κ1) is 19.0. The number of likely N-dealkylation sites (N-methyl/N-ethyl adjacent to an activating group) is 1. The molecule has 2 fully saturated rings. The van der Waals surface area contributed by atoms with Crippen LogP contribution in [0.3, 0.4) is 0 Å². The summed E-state index contributed by atoms with van der Waals surface area (Å²) in [6.07, 6.45) is 2.20. The molecule has 0 aliphatic carbocycles. The van der Waals surface area contributed by atoms with Gasteiger partial charge in [0.1, 0.15) is 0 Å².